The lowest BCUT2D eigenvalue weighted by Gasteiger charge is -2.01. The topological polar surface area (TPSA) is 71.4 Å². The minimum Gasteiger partial charge on any atom is -0.454 e. The summed E-state index contributed by atoms with van der Waals surface area (Å²) in [5.41, 5.74) is 2.04. The Kier molecular flexibility index (Phi) is 4.59. The van der Waals surface area contributed by atoms with E-state index in [2.05, 4.69) is 5.32 Å². The largest absolute Gasteiger partial charge is 0.454 e. The van der Waals surface area contributed by atoms with Crippen LogP contribution in [0.4, 0.5) is 5.69 Å². The zero-order chi connectivity index (χ0) is 16.8. The van der Waals surface area contributed by atoms with Gasteiger partial charge in [-0.2, -0.15) is 5.26 Å². The third kappa shape index (κ3) is 3.81. The number of benzene rings is 2. The molecule has 0 fully saturated rings. The van der Waals surface area contributed by atoms with Crippen LogP contribution in [0.2, 0.25) is 0 Å². The summed E-state index contributed by atoms with van der Waals surface area (Å²) in [7, 11) is 0. The lowest BCUT2D eigenvalue weighted by atomic mass is 10.2. The predicted octanol–water partition coefficient (Wildman–Crippen LogP) is 3.50. The summed E-state index contributed by atoms with van der Waals surface area (Å²) in [5.74, 6) is 1.19. The number of hydrogen-bond acceptors (Lipinski definition) is 4. The Bertz CT molecular complexity index is 863. The fourth-order valence-electron chi connectivity index (χ4n) is 2.18. The molecule has 1 aliphatic heterocycles. The molecular formula is C19H14N2O3. The number of amides is 1. The van der Waals surface area contributed by atoms with Crippen molar-refractivity contribution in [3.05, 3.63) is 71.8 Å². The van der Waals surface area contributed by atoms with Crippen molar-refractivity contribution in [2.24, 2.45) is 0 Å². The Labute approximate surface area is 139 Å². The van der Waals surface area contributed by atoms with Crippen molar-refractivity contribution in [3.63, 3.8) is 0 Å². The van der Waals surface area contributed by atoms with E-state index in [0.717, 1.165) is 17.1 Å². The van der Waals surface area contributed by atoms with Crippen LogP contribution in [0.3, 0.4) is 0 Å². The minimum absolute atomic E-state index is 0.246. The van der Waals surface area contributed by atoms with Gasteiger partial charge in [0.2, 0.25) is 12.7 Å². The Morgan fingerprint density at radius 3 is 2.88 bits per heavy atom. The quantitative estimate of drug-likeness (QED) is 0.692. The number of nitrogens with zero attached hydrogens (tertiary/aromatic N) is 1. The van der Waals surface area contributed by atoms with Gasteiger partial charge in [-0.3, -0.25) is 4.79 Å². The predicted molar refractivity (Wildman–Crippen MR) is 90.5 cm³/mol. The van der Waals surface area contributed by atoms with Gasteiger partial charge in [-0.1, -0.05) is 30.4 Å². The van der Waals surface area contributed by atoms with Gasteiger partial charge in [-0.15, -0.1) is 0 Å². The molecule has 0 bridgehead atoms. The number of allylic oxidation sites excluding steroid dienone is 2. The van der Waals surface area contributed by atoms with E-state index in [0.29, 0.717) is 11.3 Å². The maximum Gasteiger partial charge on any atom is 0.248 e. The molecule has 1 heterocycles. The van der Waals surface area contributed by atoms with Crippen LogP contribution in [0.25, 0.3) is 6.08 Å². The monoisotopic (exact) mass is 318 g/mol. The number of rotatable bonds is 4. The molecule has 5 nitrogen and oxygen atoms in total. The van der Waals surface area contributed by atoms with Gasteiger partial charge in [0.25, 0.3) is 0 Å². The van der Waals surface area contributed by atoms with Crippen LogP contribution in [0.5, 0.6) is 11.5 Å². The maximum absolute atomic E-state index is 11.8. The van der Waals surface area contributed by atoms with Crippen molar-refractivity contribution < 1.29 is 14.3 Å². The van der Waals surface area contributed by atoms with E-state index in [4.69, 9.17) is 14.7 Å². The van der Waals surface area contributed by atoms with Gasteiger partial charge >= 0.3 is 0 Å². The molecule has 1 amide bonds. The summed E-state index contributed by atoms with van der Waals surface area (Å²) >= 11 is 0. The van der Waals surface area contributed by atoms with Crippen LogP contribution in [0.1, 0.15) is 11.1 Å². The minimum atomic E-state index is -0.263. The van der Waals surface area contributed by atoms with Gasteiger partial charge in [-0.05, 0) is 35.9 Å². The first-order chi connectivity index (χ1) is 11.7. The van der Waals surface area contributed by atoms with E-state index in [-0.39, 0.29) is 12.7 Å². The highest BCUT2D eigenvalue weighted by atomic mass is 16.7. The molecule has 118 valence electrons. The summed E-state index contributed by atoms with van der Waals surface area (Å²) in [5, 5.41) is 11.5. The number of ether oxygens (including phenoxy) is 2. The fourth-order valence-corrected chi connectivity index (χ4v) is 2.18. The van der Waals surface area contributed by atoms with Crippen molar-refractivity contribution in [3.8, 4) is 17.6 Å². The summed E-state index contributed by atoms with van der Waals surface area (Å²) in [6.45, 7) is 0.246. The van der Waals surface area contributed by atoms with Crippen LogP contribution in [-0.4, -0.2) is 12.7 Å². The third-order valence-electron chi connectivity index (χ3n) is 3.30. The van der Waals surface area contributed by atoms with Gasteiger partial charge in [-0.25, -0.2) is 0 Å². The highest BCUT2D eigenvalue weighted by Gasteiger charge is 2.11. The smallest absolute Gasteiger partial charge is 0.248 e. The van der Waals surface area contributed by atoms with Gasteiger partial charge in [0.1, 0.15) is 0 Å². The van der Waals surface area contributed by atoms with E-state index in [9.17, 15) is 4.79 Å². The molecule has 0 aromatic heterocycles. The molecule has 0 aliphatic carbocycles. The van der Waals surface area contributed by atoms with Crippen LogP contribution < -0.4 is 14.8 Å². The molecule has 0 unspecified atom stereocenters. The number of carbonyl (C=O) groups is 1. The van der Waals surface area contributed by atoms with Gasteiger partial charge in [0, 0.05) is 11.8 Å². The molecule has 0 radical (unpaired) electrons. The van der Waals surface area contributed by atoms with Crippen LogP contribution in [0, 0.1) is 11.3 Å². The zero-order valence-corrected chi connectivity index (χ0v) is 12.7. The SMILES string of the molecule is N#Cc1cccc(NC(=O)/C=C/C=C/c2ccc3c(c2)OCO3)c1. The number of nitrogens with one attached hydrogen (secondary N) is 1. The second-order valence-corrected chi connectivity index (χ2v) is 5.01. The lowest BCUT2D eigenvalue weighted by Crippen LogP contribution is -2.07. The Morgan fingerprint density at radius 1 is 1.12 bits per heavy atom. The average molecular weight is 318 g/mol. The Morgan fingerprint density at radius 2 is 2.00 bits per heavy atom. The second-order valence-electron chi connectivity index (χ2n) is 5.01. The van der Waals surface area contributed by atoms with Crippen LogP contribution in [0.15, 0.2) is 60.7 Å². The normalized spacial score (nSPS) is 12.5. The zero-order valence-electron chi connectivity index (χ0n) is 12.7. The van der Waals surface area contributed by atoms with E-state index in [1.165, 1.54) is 6.08 Å². The Balaban J connectivity index is 1.57. The van der Waals surface area contributed by atoms with E-state index in [1.54, 1.807) is 36.4 Å². The first-order valence-corrected chi connectivity index (χ1v) is 7.30. The molecule has 0 spiro atoms. The Hall–Kier alpha value is -3.52. The number of anilines is 1. The number of nitriles is 1. The standard InChI is InChI=1S/C19H14N2O3/c20-12-15-5-3-6-16(10-15)21-19(22)7-2-1-4-14-8-9-17-18(11-14)24-13-23-17/h1-11H,13H2,(H,21,22)/b4-1+,7-2+. The molecule has 24 heavy (non-hydrogen) atoms. The first-order valence-electron chi connectivity index (χ1n) is 7.30. The molecule has 0 saturated heterocycles. The lowest BCUT2D eigenvalue weighted by molar-refractivity contribution is -0.111. The summed E-state index contributed by atoms with van der Waals surface area (Å²) in [6.07, 6.45) is 6.70. The van der Waals surface area contributed by atoms with Crippen molar-refractivity contribution in [2.75, 3.05) is 12.1 Å². The van der Waals surface area contributed by atoms with Gasteiger partial charge in [0.15, 0.2) is 11.5 Å². The molecular weight excluding hydrogens is 304 g/mol. The molecule has 5 heteroatoms. The summed E-state index contributed by atoms with van der Waals surface area (Å²) in [6, 6.07) is 14.4. The molecule has 3 rings (SSSR count). The van der Waals surface area contributed by atoms with Gasteiger partial charge < -0.3 is 14.8 Å². The third-order valence-corrected chi connectivity index (χ3v) is 3.30. The van der Waals surface area contributed by atoms with Crippen molar-refractivity contribution in [1.29, 1.82) is 5.26 Å². The van der Waals surface area contributed by atoms with Crippen LogP contribution >= 0.6 is 0 Å². The van der Waals surface area contributed by atoms with E-state index >= 15 is 0 Å². The summed E-state index contributed by atoms with van der Waals surface area (Å²) < 4.78 is 10.6. The van der Waals surface area contributed by atoms with Gasteiger partial charge in [0.05, 0.1) is 11.6 Å². The molecule has 1 aliphatic rings. The highest BCUT2D eigenvalue weighted by Crippen LogP contribution is 2.32. The van der Waals surface area contributed by atoms with E-state index in [1.807, 2.05) is 30.3 Å². The first kappa shape index (κ1) is 15.4. The van der Waals surface area contributed by atoms with Crippen LogP contribution in [-0.2, 0) is 4.79 Å². The molecule has 0 atom stereocenters. The fraction of sp³-hybridized carbons (Fsp3) is 0.0526. The second kappa shape index (κ2) is 7.16. The summed E-state index contributed by atoms with van der Waals surface area (Å²) in [4.78, 5) is 11.8. The van der Waals surface area contributed by atoms with Crippen molar-refractivity contribution >= 4 is 17.7 Å². The highest BCUT2D eigenvalue weighted by molar-refractivity contribution is 5.99. The molecule has 0 saturated carbocycles. The number of hydrogen-bond donors (Lipinski definition) is 1. The number of carbonyl (C=O) groups excluding carboxylic acids is 1. The average Bonchev–Trinajstić information content (AvgIpc) is 3.06. The molecule has 1 N–H and O–H groups in total. The van der Waals surface area contributed by atoms with Crippen molar-refractivity contribution in [2.45, 2.75) is 0 Å². The molecule has 2 aromatic carbocycles. The number of fused-ring (bicyclic) bond motifs is 1. The maximum atomic E-state index is 11.8. The molecule has 2 aromatic rings. The van der Waals surface area contributed by atoms with E-state index < -0.39 is 0 Å². The van der Waals surface area contributed by atoms with Crippen molar-refractivity contribution in [1.82, 2.24) is 0 Å².